The number of rotatable bonds is 2. The second-order valence-corrected chi connectivity index (χ2v) is 2.39. The Kier molecular flexibility index (Phi) is 2.40. The van der Waals surface area contributed by atoms with Crippen LogP contribution >= 0.6 is 0 Å². The molecule has 1 rings (SSSR count). The molecule has 1 amide bonds. The van der Waals surface area contributed by atoms with Crippen molar-refractivity contribution in [2.24, 2.45) is 11.6 Å². The molecule has 0 spiro atoms. The molecule has 0 aromatic rings. The Balaban J connectivity index is 2.60. The minimum atomic E-state index is -0.392. The first-order chi connectivity index (χ1) is 5.24. The quantitative estimate of drug-likeness (QED) is 0.358. The number of nitrogens with one attached hydrogen (secondary N) is 1. The minimum Gasteiger partial charge on any atom is -0.366 e. The fourth-order valence-corrected chi connectivity index (χ4v) is 0.927. The molecule has 0 aromatic heterocycles. The third-order valence-electron chi connectivity index (χ3n) is 1.60. The minimum absolute atomic E-state index is 0.123. The zero-order valence-corrected chi connectivity index (χ0v) is 6.08. The summed E-state index contributed by atoms with van der Waals surface area (Å²) in [5, 5.41) is 0. The Morgan fingerprint density at radius 3 is 2.82 bits per heavy atom. The molecule has 4 heteroatoms. The molecule has 5 N–H and O–H groups in total. The van der Waals surface area contributed by atoms with Gasteiger partial charge in [0, 0.05) is 11.6 Å². The van der Waals surface area contributed by atoms with Crippen LogP contribution in [0.1, 0.15) is 6.42 Å². The number of nitrogens with two attached hydrogens (primary N) is 2. The Bertz CT molecular complexity index is 220. The SMILES string of the molecule is NNC1C=CC(C(N)=O)=CC1. The summed E-state index contributed by atoms with van der Waals surface area (Å²) in [7, 11) is 0. The first kappa shape index (κ1) is 7.97. The van der Waals surface area contributed by atoms with Crippen LogP contribution in [0.15, 0.2) is 23.8 Å². The molecule has 1 atom stereocenters. The van der Waals surface area contributed by atoms with Gasteiger partial charge < -0.3 is 5.73 Å². The van der Waals surface area contributed by atoms with Crippen molar-refractivity contribution in [3.05, 3.63) is 23.8 Å². The summed E-state index contributed by atoms with van der Waals surface area (Å²) in [6, 6.07) is 0.123. The molecule has 0 heterocycles. The average molecular weight is 153 g/mol. The highest BCUT2D eigenvalue weighted by Gasteiger charge is 2.08. The molecule has 60 valence electrons. The van der Waals surface area contributed by atoms with Gasteiger partial charge in [0.1, 0.15) is 0 Å². The molecule has 1 aliphatic rings. The lowest BCUT2D eigenvalue weighted by Gasteiger charge is -2.12. The number of primary amides is 1. The van der Waals surface area contributed by atoms with E-state index in [9.17, 15) is 4.79 Å². The van der Waals surface area contributed by atoms with E-state index in [0.717, 1.165) is 0 Å². The van der Waals surface area contributed by atoms with Crippen molar-refractivity contribution in [2.75, 3.05) is 0 Å². The van der Waals surface area contributed by atoms with Crippen LogP contribution in [0.2, 0.25) is 0 Å². The van der Waals surface area contributed by atoms with E-state index in [-0.39, 0.29) is 6.04 Å². The standard InChI is InChI=1S/C7H11N3O/c8-7(11)5-1-3-6(10-9)4-2-5/h1-3,6,10H,4,9H2,(H2,8,11). The molecular formula is C7H11N3O. The van der Waals surface area contributed by atoms with Gasteiger partial charge in [-0.3, -0.25) is 16.1 Å². The third kappa shape index (κ3) is 1.89. The normalized spacial score (nSPS) is 23.0. The number of hydrazine groups is 1. The van der Waals surface area contributed by atoms with Gasteiger partial charge in [-0.05, 0) is 6.42 Å². The van der Waals surface area contributed by atoms with Gasteiger partial charge >= 0.3 is 0 Å². The molecule has 0 aromatic carbocycles. The highest BCUT2D eigenvalue weighted by molar-refractivity contribution is 5.95. The zero-order valence-electron chi connectivity index (χ0n) is 6.08. The van der Waals surface area contributed by atoms with Gasteiger partial charge in [0.2, 0.25) is 5.91 Å². The number of hydrogen-bond donors (Lipinski definition) is 3. The second-order valence-electron chi connectivity index (χ2n) is 2.39. The molecule has 1 aliphatic carbocycles. The largest absolute Gasteiger partial charge is 0.366 e. The van der Waals surface area contributed by atoms with Crippen LogP contribution in [-0.4, -0.2) is 11.9 Å². The summed E-state index contributed by atoms with van der Waals surface area (Å²) in [5.41, 5.74) is 8.18. The van der Waals surface area contributed by atoms with E-state index in [1.54, 1.807) is 12.2 Å². The Morgan fingerprint density at radius 1 is 1.73 bits per heavy atom. The van der Waals surface area contributed by atoms with E-state index in [1.165, 1.54) is 0 Å². The predicted octanol–water partition coefficient (Wildman–Crippen LogP) is -0.810. The summed E-state index contributed by atoms with van der Waals surface area (Å²) in [6.07, 6.45) is 5.98. The fraction of sp³-hybridized carbons (Fsp3) is 0.286. The fourth-order valence-electron chi connectivity index (χ4n) is 0.927. The van der Waals surface area contributed by atoms with Crippen LogP contribution < -0.4 is 17.0 Å². The summed E-state index contributed by atoms with van der Waals surface area (Å²) in [4.78, 5) is 10.6. The van der Waals surface area contributed by atoms with Crippen LogP contribution in [-0.2, 0) is 4.79 Å². The maximum absolute atomic E-state index is 10.6. The van der Waals surface area contributed by atoms with Crippen molar-refractivity contribution in [1.82, 2.24) is 5.43 Å². The molecule has 0 saturated heterocycles. The van der Waals surface area contributed by atoms with Crippen molar-refractivity contribution >= 4 is 5.91 Å². The van der Waals surface area contributed by atoms with Crippen molar-refractivity contribution in [3.63, 3.8) is 0 Å². The summed E-state index contributed by atoms with van der Waals surface area (Å²) in [6.45, 7) is 0. The van der Waals surface area contributed by atoms with Crippen LogP contribution in [0, 0.1) is 0 Å². The van der Waals surface area contributed by atoms with Crippen molar-refractivity contribution in [2.45, 2.75) is 12.5 Å². The summed E-state index contributed by atoms with van der Waals surface area (Å²) >= 11 is 0. The van der Waals surface area contributed by atoms with Crippen molar-refractivity contribution in [1.29, 1.82) is 0 Å². The highest BCUT2D eigenvalue weighted by Crippen LogP contribution is 2.08. The molecule has 0 aliphatic heterocycles. The average Bonchev–Trinajstić information content (AvgIpc) is 2.05. The number of amides is 1. The van der Waals surface area contributed by atoms with Crippen LogP contribution in [0.3, 0.4) is 0 Å². The van der Waals surface area contributed by atoms with Gasteiger partial charge in [-0.1, -0.05) is 18.2 Å². The molecule has 4 nitrogen and oxygen atoms in total. The van der Waals surface area contributed by atoms with E-state index in [1.807, 2.05) is 6.08 Å². The third-order valence-corrected chi connectivity index (χ3v) is 1.60. The highest BCUT2D eigenvalue weighted by atomic mass is 16.1. The van der Waals surface area contributed by atoms with Gasteiger partial charge in [-0.15, -0.1) is 0 Å². The Labute approximate surface area is 64.9 Å². The lowest BCUT2D eigenvalue weighted by atomic mass is 10.0. The van der Waals surface area contributed by atoms with E-state index in [2.05, 4.69) is 5.43 Å². The first-order valence-electron chi connectivity index (χ1n) is 3.38. The Hall–Kier alpha value is -1.13. The van der Waals surface area contributed by atoms with Gasteiger partial charge in [-0.25, -0.2) is 0 Å². The van der Waals surface area contributed by atoms with E-state index >= 15 is 0 Å². The van der Waals surface area contributed by atoms with Gasteiger partial charge in [0.25, 0.3) is 0 Å². The topological polar surface area (TPSA) is 81.1 Å². The lowest BCUT2D eigenvalue weighted by molar-refractivity contribution is -0.114. The molecule has 0 bridgehead atoms. The molecular weight excluding hydrogens is 142 g/mol. The van der Waals surface area contributed by atoms with Gasteiger partial charge in [0.05, 0.1) is 0 Å². The van der Waals surface area contributed by atoms with Crippen LogP contribution in [0.5, 0.6) is 0 Å². The predicted molar refractivity (Wildman–Crippen MR) is 42.1 cm³/mol. The monoisotopic (exact) mass is 153 g/mol. The number of carbonyl (C=O) groups excluding carboxylic acids is 1. The van der Waals surface area contributed by atoms with Crippen LogP contribution in [0.25, 0.3) is 0 Å². The van der Waals surface area contributed by atoms with Gasteiger partial charge in [-0.2, -0.15) is 0 Å². The van der Waals surface area contributed by atoms with Crippen LogP contribution in [0.4, 0.5) is 0 Å². The van der Waals surface area contributed by atoms with E-state index < -0.39 is 5.91 Å². The summed E-state index contributed by atoms with van der Waals surface area (Å²) < 4.78 is 0. The van der Waals surface area contributed by atoms with Crippen molar-refractivity contribution in [3.8, 4) is 0 Å². The van der Waals surface area contributed by atoms with E-state index in [4.69, 9.17) is 11.6 Å². The van der Waals surface area contributed by atoms with Crippen molar-refractivity contribution < 1.29 is 4.79 Å². The molecule has 0 radical (unpaired) electrons. The Morgan fingerprint density at radius 2 is 2.45 bits per heavy atom. The molecule has 0 fully saturated rings. The van der Waals surface area contributed by atoms with E-state index in [0.29, 0.717) is 12.0 Å². The van der Waals surface area contributed by atoms with Gasteiger partial charge in [0.15, 0.2) is 0 Å². The number of hydrogen-bond acceptors (Lipinski definition) is 3. The molecule has 11 heavy (non-hydrogen) atoms. The molecule has 0 saturated carbocycles. The number of carbonyl (C=O) groups is 1. The smallest absolute Gasteiger partial charge is 0.248 e. The summed E-state index contributed by atoms with van der Waals surface area (Å²) in [5.74, 6) is 4.79. The second kappa shape index (κ2) is 3.32. The molecule has 1 unspecified atom stereocenters. The zero-order chi connectivity index (χ0) is 8.27. The maximum atomic E-state index is 10.6. The lowest BCUT2D eigenvalue weighted by Crippen LogP contribution is -2.34. The maximum Gasteiger partial charge on any atom is 0.248 e. The first-order valence-corrected chi connectivity index (χ1v) is 3.38.